The number of aromatic nitrogens is 5. The number of nitrogen functional groups attached to an aromatic ring is 1. The molecule has 3 aromatic heterocycles. The molecule has 3 rings (SSSR count). The van der Waals surface area contributed by atoms with Crippen LogP contribution < -0.4 is 5.73 Å². The molecule has 0 fully saturated rings. The van der Waals surface area contributed by atoms with Gasteiger partial charge < -0.3 is 5.73 Å². The quantitative estimate of drug-likeness (QED) is 0.727. The van der Waals surface area contributed by atoms with Crippen LogP contribution >= 0.6 is 0 Å². The highest BCUT2D eigenvalue weighted by Gasteiger charge is 2.08. The molecule has 0 unspecified atom stereocenters. The van der Waals surface area contributed by atoms with Crippen LogP contribution in [0.2, 0.25) is 0 Å². The second kappa shape index (κ2) is 4.25. The lowest BCUT2D eigenvalue weighted by Gasteiger charge is -2.05. The van der Waals surface area contributed by atoms with Gasteiger partial charge in [0.25, 0.3) is 0 Å². The van der Waals surface area contributed by atoms with Crippen molar-refractivity contribution in [2.75, 3.05) is 5.73 Å². The van der Waals surface area contributed by atoms with E-state index in [4.69, 9.17) is 5.73 Å². The van der Waals surface area contributed by atoms with E-state index in [1.54, 1.807) is 29.5 Å². The van der Waals surface area contributed by atoms with Crippen molar-refractivity contribution in [3.8, 4) is 17.1 Å². The minimum absolute atomic E-state index is 0.395. The molecule has 2 N–H and O–H groups in total. The van der Waals surface area contributed by atoms with E-state index in [1.807, 2.05) is 18.2 Å². The molecule has 3 heterocycles. The van der Waals surface area contributed by atoms with Crippen molar-refractivity contribution in [3.05, 3.63) is 49.2 Å². The lowest BCUT2D eigenvalue weighted by Crippen LogP contribution is -2.01. The highest BCUT2D eigenvalue weighted by atomic mass is 15.3. The molecule has 0 atom stereocenters. The van der Waals surface area contributed by atoms with E-state index >= 15 is 0 Å². The van der Waals surface area contributed by atoms with Crippen molar-refractivity contribution in [3.63, 3.8) is 0 Å². The SMILES string of the molecule is Nc1cnc(-c2ccnn2-c2cccnc2)cn1. The number of rotatable bonds is 2. The summed E-state index contributed by atoms with van der Waals surface area (Å²) in [7, 11) is 0. The van der Waals surface area contributed by atoms with E-state index in [-0.39, 0.29) is 0 Å². The maximum Gasteiger partial charge on any atom is 0.141 e. The Bertz CT molecular complexity index is 644. The first-order chi connectivity index (χ1) is 8.84. The van der Waals surface area contributed by atoms with E-state index in [9.17, 15) is 0 Å². The zero-order chi connectivity index (χ0) is 12.4. The van der Waals surface area contributed by atoms with Crippen molar-refractivity contribution >= 4 is 5.82 Å². The molecule has 0 amide bonds. The summed E-state index contributed by atoms with van der Waals surface area (Å²) in [6, 6.07) is 5.65. The Kier molecular flexibility index (Phi) is 2.45. The summed E-state index contributed by atoms with van der Waals surface area (Å²) in [5.74, 6) is 0.395. The van der Waals surface area contributed by atoms with Crippen molar-refractivity contribution < 1.29 is 0 Å². The summed E-state index contributed by atoms with van der Waals surface area (Å²) in [6.45, 7) is 0. The minimum Gasteiger partial charge on any atom is -0.382 e. The van der Waals surface area contributed by atoms with Gasteiger partial charge in [-0.25, -0.2) is 14.6 Å². The van der Waals surface area contributed by atoms with Gasteiger partial charge in [-0.15, -0.1) is 0 Å². The number of hydrogen-bond donors (Lipinski definition) is 1. The largest absolute Gasteiger partial charge is 0.382 e. The summed E-state index contributed by atoms with van der Waals surface area (Å²) in [6.07, 6.45) is 8.31. The third kappa shape index (κ3) is 1.80. The molecule has 6 nitrogen and oxygen atoms in total. The van der Waals surface area contributed by atoms with Gasteiger partial charge in [-0.2, -0.15) is 5.10 Å². The van der Waals surface area contributed by atoms with Crippen LogP contribution in [-0.2, 0) is 0 Å². The van der Waals surface area contributed by atoms with Gasteiger partial charge in [-0.05, 0) is 18.2 Å². The van der Waals surface area contributed by atoms with Crippen LogP contribution in [0.15, 0.2) is 49.2 Å². The maximum absolute atomic E-state index is 5.52. The minimum atomic E-state index is 0.395. The predicted molar refractivity (Wildman–Crippen MR) is 66.8 cm³/mol. The maximum atomic E-state index is 5.52. The fourth-order valence-electron chi connectivity index (χ4n) is 1.65. The Balaban J connectivity index is 2.10. The normalized spacial score (nSPS) is 10.4. The van der Waals surface area contributed by atoms with Crippen molar-refractivity contribution in [1.29, 1.82) is 0 Å². The second-order valence-corrected chi connectivity index (χ2v) is 3.67. The smallest absolute Gasteiger partial charge is 0.141 e. The fraction of sp³-hybridized carbons (Fsp3) is 0. The first-order valence-electron chi connectivity index (χ1n) is 5.37. The molecule has 0 radical (unpaired) electrons. The van der Waals surface area contributed by atoms with Crippen LogP contribution in [0.4, 0.5) is 5.82 Å². The van der Waals surface area contributed by atoms with E-state index < -0.39 is 0 Å². The highest BCUT2D eigenvalue weighted by molar-refractivity contribution is 5.56. The summed E-state index contributed by atoms with van der Waals surface area (Å²) in [5.41, 5.74) is 7.95. The summed E-state index contributed by atoms with van der Waals surface area (Å²) >= 11 is 0. The Labute approximate surface area is 103 Å². The summed E-state index contributed by atoms with van der Waals surface area (Å²) < 4.78 is 1.76. The number of nitrogens with zero attached hydrogens (tertiary/aromatic N) is 5. The summed E-state index contributed by atoms with van der Waals surface area (Å²) in [5, 5.41) is 4.26. The third-order valence-corrected chi connectivity index (χ3v) is 2.47. The molecule has 0 spiro atoms. The molecular weight excluding hydrogens is 228 g/mol. The number of hydrogen-bond acceptors (Lipinski definition) is 5. The topological polar surface area (TPSA) is 82.5 Å². The van der Waals surface area contributed by atoms with E-state index in [0.29, 0.717) is 11.5 Å². The predicted octanol–water partition coefficient (Wildman–Crippen LogP) is 1.31. The fourth-order valence-corrected chi connectivity index (χ4v) is 1.65. The average Bonchev–Trinajstić information content (AvgIpc) is 2.90. The van der Waals surface area contributed by atoms with Crippen molar-refractivity contribution in [1.82, 2.24) is 24.7 Å². The van der Waals surface area contributed by atoms with Gasteiger partial charge in [0.1, 0.15) is 11.5 Å². The van der Waals surface area contributed by atoms with E-state index in [2.05, 4.69) is 20.1 Å². The molecule has 0 aliphatic heterocycles. The zero-order valence-electron chi connectivity index (χ0n) is 9.43. The molecule has 0 saturated heterocycles. The van der Waals surface area contributed by atoms with Crippen LogP contribution in [0.25, 0.3) is 17.1 Å². The van der Waals surface area contributed by atoms with Crippen LogP contribution in [0.5, 0.6) is 0 Å². The van der Waals surface area contributed by atoms with Gasteiger partial charge in [-0.3, -0.25) is 4.98 Å². The Morgan fingerprint density at radius 1 is 1.00 bits per heavy atom. The van der Waals surface area contributed by atoms with Gasteiger partial charge in [0, 0.05) is 6.20 Å². The van der Waals surface area contributed by atoms with E-state index in [1.165, 1.54) is 6.20 Å². The molecule has 0 aromatic carbocycles. The molecule has 0 bridgehead atoms. The number of anilines is 1. The number of nitrogens with two attached hydrogens (primary N) is 1. The van der Waals surface area contributed by atoms with Crippen LogP contribution in [0, 0.1) is 0 Å². The molecule has 0 aliphatic rings. The third-order valence-electron chi connectivity index (χ3n) is 2.47. The zero-order valence-corrected chi connectivity index (χ0v) is 9.43. The van der Waals surface area contributed by atoms with E-state index in [0.717, 1.165) is 11.4 Å². The van der Waals surface area contributed by atoms with Crippen LogP contribution in [0.1, 0.15) is 0 Å². The molecule has 0 saturated carbocycles. The van der Waals surface area contributed by atoms with Crippen molar-refractivity contribution in [2.45, 2.75) is 0 Å². The lowest BCUT2D eigenvalue weighted by molar-refractivity contribution is 0.876. The second-order valence-electron chi connectivity index (χ2n) is 3.67. The Morgan fingerprint density at radius 3 is 2.67 bits per heavy atom. The molecule has 6 heteroatoms. The molecule has 88 valence electrons. The standard InChI is InChI=1S/C12H10N6/c13-12-8-15-10(7-16-12)11-3-5-17-18(11)9-2-1-4-14-6-9/h1-8H,(H2,13,16). The van der Waals surface area contributed by atoms with Crippen LogP contribution in [0.3, 0.4) is 0 Å². The van der Waals surface area contributed by atoms with Gasteiger partial charge >= 0.3 is 0 Å². The van der Waals surface area contributed by atoms with Gasteiger partial charge in [0.2, 0.25) is 0 Å². The van der Waals surface area contributed by atoms with Gasteiger partial charge in [0.15, 0.2) is 0 Å². The molecule has 18 heavy (non-hydrogen) atoms. The highest BCUT2D eigenvalue weighted by Crippen LogP contribution is 2.19. The Hall–Kier alpha value is -2.76. The van der Waals surface area contributed by atoms with Crippen molar-refractivity contribution in [2.24, 2.45) is 0 Å². The molecular formula is C12H10N6. The number of pyridine rings is 1. The lowest BCUT2D eigenvalue weighted by atomic mass is 10.3. The first-order valence-corrected chi connectivity index (χ1v) is 5.37. The van der Waals surface area contributed by atoms with Gasteiger partial charge in [0.05, 0.1) is 36.2 Å². The van der Waals surface area contributed by atoms with Crippen LogP contribution in [-0.4, -0.2) is 24.7 Å². The monoisotopic (exact) mass is 238 g/mol. The summed E-state index contributed by atoms with van der Waals surface area (Å²) in [4.78, 5) is 12.3. The van der Waals surface area contributed by atoms with Gasteiger partial charge in [-0.1, -0.05) is 0 Å². The first kappa shape index (κ1) is 10.4. The Morgan fingerprint density at radius 2 is 1.94 bits per heavy atom. The average molecular weight is 238 g/mol. The molecule has 0 aliphatic carbocycles. The molecule has 3 aromatic rings.